The van der Waals surface area contributed by atoms with E-state index in [-0.39, 0.29) is 12.3 Å². The normalized spacial score (nSPS) is 11.2. The number of imidazole rings is 1. The first-order chi connectivity index (χ1) is 10.1. The number of benzene rings is 1. The first-order valence-electron chi connectivity index (χ1n) is 5.96. The molecule has 1 aromatic carbocycles. The van der Waals surface area contributed by atoms with Crippen LogP contribution in [0.15, 0.2) is 29.4 Å². The molecule has 0 atom stereocenters. The highest BCUT2D eigenvalue weighted by atomic mass is 32.2. The Morgan fingerprint density at radius 3 is 2.48 bits per heavy atom. The summed E-state index contributed by atoms with van der Waals surface area (Å²) in [5, 5.41) is 26.1. The zero-order valence-corrected chi connectivity index (χ0v) is 11.4. The number of carboxylic acid groups (broad SMARTS) is 2. The Balaban J connectivity index is 2.21. The minimum absolute atomic E-state index is 0.140. The third-order valence-corrected chi connectivity index (χ3v) is 3.80. The summed E-state index contributed by atoms with van der Waals surface area (Å²) in [6.45, 7) is -0.237. The molecule has 0 fully saturated rings. The first kappa shape index (κ1) is 13.4. The summed E-state index contributed by atoms with van der Waals surface area (Å²) in [5.74, 6) is -1.70. The van der Waals surface area contributed by atoms with Gasteiger partial charge in [-0.15, -0.1) is 10.2 Å². The summed E-state index contributed by atoms with van der Waals surface area (Å²) in [6.07, 6.45) is 0. The van der Waals surface area contributed by atoms with Crippen molar-refractivity contribution in [3.63, 3.8) is 0 Å². The Bertz CT molecular complexity index is 854. The highest BCUT2D eigenvalue weighted by Crippen LogP contribution is 2.25. The number of para-hydroxylation sites is 2. The van der Waals surface area contributed by atoms with Crippen molar-refractivity contribution in [1.29, 1.82) is 0 Å². The van der Waals surface area contributed by atoms with E-state index in [0.717, 1.165) is 17.3 Å². The second-order valence-corrected chi connectivity index (χ2v) is 5.21. The number of fused-ring (bicyclic) bond motifs is 3. The maximum Gasteiger partial charge on any atom is 0.323 e. The molecule has 0 saturated carbocycles. The molecule has 108 valence electrons. The van der Waals surface area contributed by atoms with Crippen LogP contribution < -0.4 is 0 Å². The molecule has 3 rings (SSSR count). The molecule has 0 saturated heterocycles. The van der Waals surface area contributed by atoms with Crippen LogP contribution in [0.4, 0.5) is 0 Å². The van der Waals surface area contributed by atoms with Gasteiger partial charge in [0.15, 0.2) is 5.16 Å². The van der Waals surface area contributed by atoms with Gasteiger partial charge >= 0.3 is 11.9 Å². The standard InChI is InChI=1S/C12H10N4O4S/c17-9(18)5-15-7-3-1-2-4-8(7)16-11(15)13-14-12(16)21-6-10(19)20/h1-4H,5-6H2,(H,17,18)(H,19,20). The van der Waals surface area contributed by atoms with Crippen LogP contribution in [0.5, 0.6) is 0 Å². The van der Waals surface area contributed by atoms with Gasteiger partial charge in [0.25, 0.3) is 0 Å². The Morgan fingerprint density at radius 2 is 1.81 bits per heavy atom. The van der Waals surface area contributed by atoms with E-state index < -0.39 is 11.9 Å². The van der Waals surface area contributed by atoms with Gasteiger partial charge in [-0.3, -0.25) is 18.6 Å². The number of thioether (sulfide) groups is 1. The van der Waals surface area contributed by atoms with E-state index >= 15 is 0 Å². The average Bonchev–Trinajstić information content (AvgIpc) is 2.97. The van der Waals surface area contributed by atoms with Crippen LogP contribution >= 0.6 is 11.8 Å². The lowest BCUT2D eigenvalue weighted by Gasteiger charge is -1.99. The Hall–Kier alpha value is -2.55. The monoisotopic (exact) mass is 306 g/mol. The van der Waals surface area contributed by atoms with E-state index in [0.29, 0.717) is 16.5 Å². The topological polar surface area (TPSA) is 110 Å². The molecule has 0 aliphatic rings. The van der Waals surface area contributed by atoms with Crippen molar-refractivity contribution in [3.05, 3.63) is 24.3 Å². The van der Waals surface area contributed by atoms with Crippen LogP contribution in [0, 0.1) is 0 Å². The molecule has 0 amide bonds. The molecular weight excluding hydrogens is 296 g/mol. The lowest BCUT2D eigenvalue weighted by Crippen LogP contribution is -2.08. The van der Waals surface area contributed by atoms with Crippen molar-refractivity contribution in [2.24, 2.45) is 0 Å². The van der Waals surface area contributed by atoms with Crippen molar-refractivity contribution in [3.8, 4) is 0 Å². The van der Waals surface area contributed by atoms with Crippen LogP contribution in [0.2, 0.25) is 0 Å². The summed E-state index contributed by atoms with van der Waals surface area (Å²) in [7, 11) is 0. The van der Waals surface area contributed by atoms with Crippen LogP contribution in [-0.4, -0.2) is 47.1 Å². The predicted molar refractivity (Wildman–Crippen MR) is 74.5 cm³/mol. The Kier molecular flexibility index (Phi) is 3.26. The quantitative estimate of drug-likeness (QED) is 0.675. The fraction of sp³-hybridized carbons (Fsp3) is 0.167. The van der Waals surface area contributed by atoms with Crippen LogP contribution in [0.1, 0.15) is 0 Å². The van der Waals surface area contributed by atoms with Gasteiger partial charge in [-0.2, -0.15) is 0 Å². The molecule has 0 unspecified atom stereocenters. The maximum absolute atomic E-state index is 11.0. The van der Waals surface area contributed by atoms with Crippen LogP contribution in [0.3, 0.4) is 0 Å². The van der Waals surface area contributed by atoms with Gasteiger partial charge in [0.1, 0.15) is 6.54 Å². The minimum atomic E-state index is -0.985. The van der Waals surface area contributed by atoms with Gasteiger partial charge in [-0.05, 0) is 12.1 Å². The van der Waals surface area contributed by atoms with Gasteiger partial charge < -0.3 is 10.2 Å². The fourth-order valence-corrected chi connectivity index (χ4v) is 2.81. The average molecular weight is 306 g/mol. The van der Waals surface area contributed by atoms with Crippen molar-refractivity contribution < 1.29 is 19.8 Å². The molecule has 9 heteroatoms. The lowest BCUT2D eigenvalue weighted by atomic mass is 10.3. The Labute approximate surface area is 122 Å². The van der Waals surface area contributed by atoms with E-state index in [1.54, 1.807) is 16.5 Å². The molecule has 3 aromatic rings. The molecule has 8 nitrogen and oxygen atoms in total. The second-order valence-electron chi connectivity index (χ2n) is 4.27. The van der Waals surface area contributed by atoms with Gasteiger partial charge in [0.2, 0.25) is 5.78 Å². The number of carbonyl (C=O) groups is 2. The molecular formula is C12H10N4O4S. The molecule has 0 spiro atoms. The van der Waals surface area contributed by atoms with E-state index in [4.69, 9.17) is 10.2 Å². The molecule has 2 heterocycles. The molecule has 0 radical (unpaired) electrons. The Morgan fingerprint density at radius 1 is 1.10 bits per heavy atom. The van der Waals surface area contributed by atoms with Gasteiger partial charge in [-0.1, -0.05) is 23.9 Å². The van der Waals surface area contributed by atoms with E-state index in [1.807, 2.05) is 12.1 Å². The van der Waals surface area contributed by atoms with Crippen molar-refractivity contribution in [2.45, 2.75) is 11.7 Å². The van der Waals surface area contributed by atoms with Crippen molar-refractivity contribution in [1.82, 2.24) is 19.2 Å². The van der Waals surface area contributed by atoms with Crippen LogP contribution in [0.25, 0.3) is 16.8 Å². The van der Waals surface area contributed by atoms with Crippen molar-refractivity contribution >= 4 is 40.5 Å². The molecule has 0 aliphatic carbocycles. The number of carboxylic acids is 2. The molecule has 2 N–H and O–H groups in total. The summed E-state index contributed by atoms with van der Waals surface area (Å²) in [4.78, 5) is 21.7. The van der Waals surface area contributed by atoms with Crippen LogP contribution in [-0.2, 0) is 16.1 Å². The number of rotatable bonds is 5. The second kappa shape index (κ2) is 5.09. The maximum atomic E-state index is 11.0. The third-order valence-electron chi connectivity index (χ3n) is 2.89. The summed E-state index contributed by atoms with van der Waals surface area (Å²) in [6, 6.07) is 7.23. The number of nitrogens with zero attached hydrogens (tertiary/aromatic N) is 4. The largest absolute Gasteiger partial charge is 0.481 e. The van der Waals surface area contributed by atoms with Crippen molar-refractivity contribution in [2.75, 3.05) is 5.75 Å². The number of hydrogen-bond donors (Lipinski definition) is 2. The SMILES string of the molecule is O=C(O)CSc1nnc2n(CC(=O)O)c3ccccc3n12. The number of aliphatic carboxylic acids is 2. The fourth-order valence-electron chi connectivity index (χ4n) is 2.15. The van der Waals surface area contributed by atoms with Gasteiger partial charge in [0, 0.05) is 0 Å². The molecule has 21 heavy (non-hydrogen) atoms. The minimum Gasteiger partial charge on any atom is -0.481 e. The predicted octanol–water partition coefficient (Wildman–Crippen LogP) is 0.945. The summed E-state index contributed by atoms with van der Waals surface area (Å²) < 4.78 is 3.21. The summed E-state index contributed by atoms with van der Waals surface area (Å²) >= 11 is 1.04. The zero-order chi connectivity index (χ0) is 15.0. The summed E-state index contributed by atoms with van der Waals surface area (Å²) in [5.41, 5.74) is 1.45. The molecule has 0 bridgehead atoms. The number of hydrogen-bond acceptors (Lipinski definition) is 5. The highest BCUT2D eigenvalue weighted by Gasteiger charge is 2.18. The zero-order valence-electron chi connectivity index (χ0n) is 10.6. The van der Waals surface area contributed by atoms with E-state index in [2.05, 4.69) is 10.2 Å². The molecule has 0 aliphatic heterocycles. The van der Waals surface area contributed by atoms with Gasteiger partial charge in [-0.25, -0.2) is 0 Å². The third kappa shape index (κ3) is 2.31. The molecule has 2 aromatic heterocycles. The first-order valence-corrected chi connectivity index (χ1v) is 6.95. The van der Waals surface area contributed by atoms with E-state index in [9.17, 15) is 9.59 Å². The number of aromatic nitrogens is 4. The smallest absolute Gasteiger partial charge is 0.323 e. The van der Waals surface area contributed by atoms with E-state index in [1.165, 1.54) is 4.57 Å². The highest BCUT2D eigenvalue weighted by molar-refractivity contribution is 7.99. The van der Waals surface area contributed by atoms with Gasteiger partial charge in [0.05, 0.1) is 16.8 Å². The lowest BCUT2D eigenvalue weighted by molar-refractivity contribution is -0.137.